The zero-order valence-electron chi connectivity index (χ0n) is 8.11. The van der Waals surface area contributed by atoms with Crippen molar-refractivity contribution in [1.82, 2.24) is 9.38 Å². The zero-order chi connectivity index (χ0) is 10.3. The smallest absolute Gasteiger partial charge is 0.250 e. The number of fused-ring (bicyclic) bond motifs is 1. The molecule has 4 heteroatoms. The van der Waals surface area contributed by atoms with Gasteiger partial charge < -0.3 is 10.1 Å². The standard InChI is InChI=1S/C10H11N3O/c1-6-7(2)13-5-8(10(11)14)3-4-9(13)12-6/h3-5H,1-2H3,(H2,11,14). The molecule has 0 bridgehead atoms. The van der Waals surface area contributed by atoms with E-state index >= 15 is 0 Å². The molecule has 2 rings (SSSR count). The first kappa shape index (κ1) is 8.74. The molecule has 0 atom stereocenters. The lowest BCUT2D eigenvalue weighted by atomic mass is 10.3. The molecule has 0 aliphatic heterocycles. The Kier molecular flexibility index (Phi) is 1.77. The van der Waals surface area contributed by atoms with Crippen LogP contribution < -0.4 is 5.73 Å². The third-order valence-corrected chi connectivity index (χ3v) is 2.38. The van der Waals surface area contributed by atoms with Gasteiger partial charge in [0, 0.05) is 11.9 Å². The zero-order valence-corrected chi connectivity index (χ0v) is 8.11. The van der Waals surface area contributed by atoms with Crippen LogP contribution in [-0.4, -0.2) is 15.3 Å². The topological polar surface area (TPSA) is 60.4 Å². The maximum Gasteiger partial charge on any atom is 0.250 e. The average Bonchev–Trinajstić information content (AvgIpc) is 2.43. The lowest BCUT2D eigenvalue weighted by Crippen LogP contribution is -2.11. The van der Waals surface area contributed by atoms with Gasteiger partial charge in [-0.2, -0.15) is 0 Å². The molecule has 1 amide bonds. The Bertz CT molecular complexity index is 513. The van der Waals surface area contributed by atoms with Gasteiger partial charge in [-0.05, 0) is 26.0 Å². The maximum atomic E-state index is 11.0. The quantitative estimate of drug-likeness (QED) is 0.728. The third-order valence-electron chi connectivity index (χ3n) is 2.38. The number of carbonyl (C=O) groups excluding carboxylic acids is 1. The number of carbonyl (C=O) groups is 1. The molecule has 0 aromatic carbocycles. The second-order valence-corrected chi connectivity index (χ2v) is 3.29. The van der Waals surface area contributed by atoms with E-state index in [-0.39, 0.29) is 0 Å². The summed E-state index contributed by atoms with van der Waals surface area (Å²) < 4.78 is 1.87. The van der Waals surface area contributed by atoms with Crippen molar-refractivity contribution < 1.29 is 4.79 Å². The van der Waals surface area contributed by atoms with Crippen LogP contribution in [0.25, 0.3) is 5.65 Å². The number of nitrogens with zero attached hydrogens (tertiary/aromatic N) is 2. The van der Waals surface area contributed by atoms with Crippen LogP contribution in [0.2, 0.25) is 0 Å². The van der Waals surface area contributed by atoms with Gasteiger partial charge in [0.25, 0.3) is 0 Å². The maximum absolute atomic E-state index is 11.0. The van der Waals surface area contributed by atoms with Crippen LogP contribution >= 0.6 is 0 Å². The molecule has 0 unspecified atom stereocenters. The fourth-order valence-corrected chi connectivity index (χ4v) is 1.43. The monoisotopic (exact) mass is 189 g/mol. The summed E-state index contributed by atoms with van der Waals surface area (Å²) in [5.74, 6) is -0.419. The first-order valence-corrected chi connectivity index (χ1v) is 4.34. The normalized spacial score (nSPS) is 10.7. The molecule has 0 radical (unpaired) electrons. The summed E-state index contributed by atoms with van der Waals surface area (Å²) >= 11 is 0. The summed E-state index contributed by atoms with van der Waals surface area (Å²) in [5, 5.41) is 0. The number of nitrogens with two attached hydrogens (primary N) is 1. The van der Waals surface area contributed by atoms with Crippen LogP contribution in [0.5, 0.6) is 0 Å². The van der Waals surface area contributed by atoms with Crippen molar-refractivity contribution in [3.63, 3.8) is 0 Å². The molecular weight excluding hydrogens is 178 g/mol. The lowest BCUT2D eigenvalue weighted by Gasteiger charge is -1.99. The number of hydrogen-bond donors (Lipinski definition) is 1. The molecule has 2 heterocycles. The molecule has 0 aliphatic rings. The molecule has 0 fully saturated rings. The summed E-state index contributed by atoms with van der Waals surface area (Å²) in [5.41, 5.74) is 8.52. The minimum Gasteiger partial charge on any atom is -0.366 e. The first-order chi connectivity index (χ1) is 6.59. The van der Waals surface area contributed by atoms with E-state index in [9.17, 15) is 4.79 Å². The first-order valence-electron chi connectivity index (χ1n) is 4.34. The van der Waals surface area contributed by atoms with Crippen LogP contribution in [0.3, 0.4) is 0 Å². The molecule has 0 saturated carbocycles. The summed E-state index contributed by atoms with van der Waals surface area (Å²) in [7, 11) is 0. The highest BCUT2D eigenvalue weighted by Crippen LogP contribution is 2.11. The molecule has 4 nitrogen and oxygen atoms in total. The molecule has 2 aromatic heterocycles. The Labute approximate surface area is 81.4 Å². The molecule has 14 heavy (non-hydrogen) atoms. The summed E-state index contributed by atoms with van der Waals surface area (Å²) in [6, 6.07) is 3.48. The Hall–Kier alpha value is -1.84. The molecule has 2 N–H and O–H groups in total. The minimum atomic E-state index is -0.419. The third kappa shape index (κ3) is 1.16. The van der Waals surface area contributed by atoms with Crippen LogP contribution in [0.4, 0.5) is 0 Å². The van der Waals surface area contributed by atoms with E-state index in [4.69, 9.17) is 5.73 Å². The molecular formula is C10H11N3O. The van der Waals surface area contributed by atoms with Crippen molar-refractivity contribution >= 4 is 11.6 Å². The largest absolute Gasteiger partial charge is 0.366 e. The summed E-state index contributed by atoms with van der Waals surface area (Å²) in [6.45, 7) is 3.90. The van der Waals surface area contributed by atoms with Gasteiger partial charge in [0.1, 0.15) is 5.65 Å². The number of hydrogen-bond acceptors (Lipinski definition) is 2. The van der Waals surface area contributed by atoms with Crippen molar-refractivity contribution in [3.05, 3.63) is 35.3 Å². The highest BCUT2D eigenvalue weighted by Gasteiger charge is 2.06. The average molecular weight is 189 g/mol. The van der Waals surface area contributed by atoms with Gasteiger partial charge in [0.2, 0.25) is 5.91 Å². The predicted octanol–water partition coefficient (Wildman–Crippen LogP) is 1.05. The highest BCUT2D eigenvalue weighted by molar-refractivity contribution is 5.92. The van der Waals surface area contributed by atoms with Crippen molar-refractivity contribution in [2.24, 2.45) is 5.73 Å². The van der Waals surface area contributed by atoms with Crippen LogP contribution in [-0.2, 0) is 0 Å². The number of primary amides is 1. The van der Waals surface area contributed by atoms with E-state index in [1.54, 1.807) is 18.3 Å². The second-order valence-electron chi connectivity index (χ2n) is 3.29. The van der Waals surface area contributed by atoms with Gasteiger partial charge in [-0.15, -0.1) is 0 Å². The van der Waals surface area contributed by atoms with Gasteiger partial charge in [-0.25, -0.2) is 4.98 Å². The van der Waals surface area contributed by atoms with Crippen LogP contribution in [0.1, 0.15) is 21.7 Å². The number of rotatable bonds is 1. The van der Waals surface area contributed by atoms with Crippen molar-refractivity contribution in [1.29, 1.82) is 0 Å². The Morgan fingerprint density at radius 3 is 2.79 bits per heavy atom. The van der Waals surface area contributed by atoms with E-state index in [0.717, 1.165) is 17.0 Å². The molecule has 2 aromatic rings. The van der Waals surface area contributed by atoms with E-state index in [1.807, 2.05) is 18.2 Å². The predicted molar refractivity (Wildman–Crippen MR) is 53.2 cm³/mol. The number of aromatic nitrogens is 2. The van der Waals surface area contributed by atoms with E-state index in [0.29, 0.717) is 5.56 Å². The van der Waals surface area contributed by atoms with Crippen molar-refractivity contribution in [2.45, 2.75) is 13.8 Å². The minimum absolute atomic E-state index is 0.419. The molecule has 0 saturated heterocycles. The SMILES string of the molecule is Cc1nc2ccc(C(N)=O)cn2c1C. The fraction of sp³-hybridized carbons (Fsp3) is 0.200. The van der Waals surface area contributed by atoms with Crippen LogP contribution in [0.15, 0.2) is 18.3 Å². The fourth-order valence-electron chi connectivity index (χ4n) is 1.43. The second kappa shape index (κ2) is 2.83. The van der Waals surface area contributed by atoms with Gasteiger partial charge in [0.05, 0.1) is 11.3 Å². The summed E-state index contributed by atoms with van der Waals surface area (Å²) in [4.78, 5) is 15.3. The Morgan fingerprint density at radius 2 is 2.14 bits per heavy atom. The van der Waals surface area contributed by atoms with Crippen molar-refractivity contribution in [2.75, 3.05) is 0 Å². The lowest BCUT2D eigenvalue weighted by molar-refractivity contribution is 0.1000. The summed E-state index contributed by atoms with van der Waals surface area (Å²) in [6.07, 6.45) is 1.72. The van der Waals surface area contributed by atoms with Gasteiger partial charge in [0.15, 0.2) is 0 Å². The van der Waals surface area contributed by atoms with Crippen molar-refractivity contribution in [3.8, 4) is 0 Å². The van der Waals surface area contributed by atoms with Gasteiger partial charge in [-0.1, -0.05) is 0 Å². The number of amides is 1. The Morgan fingerprint density at radius 1 is 1.43 bits per heavy atom. The number of imidazole rings is 1. The van der Waals surface area contributed by atoms with E-state index in [2.05, 4.69) is 4.98 Å². The molecule has 0 aliphatic carbocycles. The molecule has 0 spiro atoms. The number of aryl methyl sites for hydroxylation is 2. The number of pyridine rings is 1. The Balaban J connectivity index is 2.76. The molecule has 72 valence electrons. The van der Waals surface area contributed by atoms with Gasteiger partial charge in [-0.3, -0.25) is 4.79 Å². The van der Waals surface area contributed by atoms with E-state index < -0.39 is 5.91 Å². The highest BCUT2D eigenvalue weighted by atomic mass is 16.1. The van der Waals surface area contributed by atoms with Gasteiger partial charge >= 0.3 is 0 Å². The van der Waals surface area contributed by atoms with E-state index in [1.165, 1.54) is 0 Å². The van der Waals surface area contributed by atoms with Crippen LogP contribution in [0, 0.1) is 13.8 Å².